The van der Waals surface area contributed by atoms with Gasteiger partial charge in [-0.15, -0.1) is 0 Å². The molecular weight excluding hydrogens is 288 g/mol. The lowest BCUT2D eigenvalue weighted by atomic mass is 9.96. The van der Waals surface area contributed by atoms with Gasteiger partial charge in [0.1, 0.15) is 5.75 Å². The number of hydrogen-bond acceptors (Lipinski definition) is 3. The van der Waals surface area contributed by atoms with E-state index in [0.29, 0.717) is 13.0 Å². The summed E-state index contributed by atoms with van der Waals surface area (Å²) < 4.78 is 0. The third-order valence-corrected chi connectivity index (χ3v) is 3.86. The van der Waals surface area contributed by atoms with Gasteiger partial charge in [0, 0.05) is 30.7 Å². The summed E-state index contributed by atoms with van der Waals surface area (Å²) in [5.74, 6) is 0.267. The van der Waals surface area contributed by atoms with E-state index in [9.17, 15) is 9.90 Å². The summed E-state index contributed by atoms with van der Waals surface area (Å²) in [7, 11) is 0. The van der Waals surface area contributed by atoms with E-state index >= 15 is 0 Å². The molecule has 2 N–H and O–H groups in total. The van der Waals surface area contributed by atoms with Crippen LogP contribution in [0.3, 0.4) is 0 Å². The monoisotopic (exact) mass is 306 g/mol. The van der Waals surface area contributed by atoms with Crippen molar-refractivity contribution in [2.45, 2.75) is 19.9 Å². The van der Waals surface area contributed by atoms with Gasteiger partial charge in [0.15, 0.2) is 0 Å². The zero-order valence-electron chi connectivity index (χ0n) is 12.9. The number of rotatable bonds is 4. The maximum Gasteiger partial charge on any atom is 0.219 e. The highest BCUT2D eigenvalue weighted by molar-refractivity contribution is 5.98. The number of carbonyl (C=O) groups excluding carboxylic acids is 1. The van der Waals surface area contributed by atoms with Gasteiger partial charge in [-0.3, -0.25) is 9.78 Å². The molecule has 0 unspecified atom stereocenters. The Bertz CT molecular complexity index is 859. The van der Waals surface area contributed by atoms with Crippen molar-refractivity contribution < 1.29 is 9.90 Å². The van der Waals surface area contributed by atoms with Gasteiger partial charge in [-0.25, -0.2) is 0 Å². The Hall–Kier alpha value is -2.88. The first kappa shape index (κ1) is 15.0. The standard InChI is InChI=1S/C19H18N2O2/c1-2-19(23)21-11-14-6-7-16(13-4-3-5-15(22)10-13)17-8-9-20-12-18(14)17/h3-10,12,22H,2,11H2,1H3,(H,21,23). The lowest BCUT2D eigenvalue weighted by Gasteiger charge is -2.12. The average molecular weight is 306 g/mol. The summed E-state index contributed by atoms with van der Waals surface area (Å²) in [5, 5.41) is 14.7. The minimum absolute atomic E-state index is 0.0269. The van der Waals surface area contributed by atoms with Crippen LogP contribution in [0.4, 0.5) is 0 Å². The Kier molecular flexibility index (Phi) is 4.24. The number of aromatic hydroxyl groups is 1. The summed E-state index contributed by atoms with van der Waals surface area (Å²) >= 11 is 0. The zero-order chi connectivity index (χ0) is 16.2. The fourth-order valence-corrected chi connectivity index (χ4v) is 2.65. The smallest absolute Gasteiger partial charge is 0.219 e. The van der Waals surface area contributed by atoms with Gasteiger partial charge < -0.3 is 10.4 Å². The van der Waals surface area contributed by atoms with Gasteiger partial charge in [-0.2, -0.15) is 0 Å². The van der Waals surface area contributed by atoms with E-state index in [1.165, 1.54) is 0 Å². The van der Waals surface area contributed by atoms with Gasteiger partial charge in [-0.05, 0) is 40.3 Å². The second-order valence-electron chi connectivity index (χ2n) is 5.37. The van der Waals surface area contributed by atoms with Gasteiger partial charge in [0.2, 0.25) is 5.91 Å². The number of aromatic nitrogens is 1. The molecule has 1 amide bonds. The Morgan fingerprint density at radius 3 is 2.83 bits per heavy atom. The molecule has 0 saturated heterocycles. The number of amides is 1. The van der Waals surface area contributed by atoms with Crippen molar-refractivity contribution in [3.05, 3.63) is 60.4 Å². The van der Waals surface area contributed by atoms with Crippen LogP contribution in [0.15, 0.2) is 54.9 Å². The number of carbonyl (C=O) groups is 1. The summed E-state index contributed by atoms with van der Waals surface area (Å²) in [5.41, 5.74) is 3.01. The first-order valence-electron chi connectivity index (χ1n) is 7.60. The second kappa shape index (κ2) is 6.48. The topological polar surface area (TPSA) is 62.2 Å². The maximum absolute atomic E-state index is 11.5. The Labute approximate surface area is 134 Å². The van der Waals surface area contributed by atoms with Gasteiger partial charge >= 0.3 is 0 Å². The molecule has 0 aliphatic heterocycles. The number of nitrogens with one attached hydrogen (secondary N) is 1. The van der Waals surface area contributed by atoms with E-state index in [0.717, 1.165) is 27.5 Å². The highest BCUT2D eigenvalue weighted by Gasteiger charge is 2.09. The van der Waals surface area contributed by atoms with Crippen molar-refractivity contribution in [2.75, 3.05) is 0 Å². The molecule has 2 aromatic carbocycles. The molecule has 0 aliphatic carbocycles. The third-order valence-electron chi connectivity index (χ3n) is 3.86. The fraction of sp³-hybridized carbons (Fsp3) is 0.158. The van der Waals surface area contributed by atoms with Crippen LogP contribution in [0.1, 0.15) is 18.9 Å². The predicted octanol–water partition coefficient (Wildman–Crippen LogP) is 3.63. The highest BCUT2D eigenvalue weighted by Crippen LogP contribution is 2.31. The van der Waals surface area contributed by atoms with Crippen LogP contribution in [-0.2, 0) is 11.3 Å². The van der Waals surface area contributed by atoms with E-state index in [2.05, 4.69) is 10.3 Å². The van der Waals surface area contributed by atoms with Crippen molar-refractivity contribution in [3.63, 3.8) is 0 Å². The molecule has 23 heavy (non-hydrogen) atoms. The lowest BCUT2D eigenvalue weighted by molar-refractivity contribution is -0.120. The van der Waals surface area contributed by atoms with Crippen molar-refractivity contribution in [1.82, 2.24) is 10.3 Å². The van der Waals surface area contributed by atoms with Crippen LogP contribution >= 0.6 is 0 Å². The lowest BCUT2D eigenvalue weighted by Crippen LogP contribution is -2.21. The van der Waals surface area contributed by atoms with Crippen LogP contribution < -0.4 is 5.32 Å². The third kappa shape index (κ3) is 3.16. The van der Waals surface area contributed by atoms with E-state index in [1.807, 2.05) is 43.5 Å². The normalized spacial score (nSPS) is 10.7. The Morgan fingerprint density at radius 1 is 1.17 bits per heavy atom. The van der Waals surface area contributed by atoms with Crippen molar-refractivity contribution in [2.24, 2.45) is 0 Å². The van der Waals surface area contributed by atoms with Crippen molar-refractivity contribution in [3.8, 4) is 16.9 Å². The largest absolute Gasteiger partial charge is 0.508 e. The molecular formula is C19H18N2O2. The molecule has 3 aromatic rings. The van der Waals surface area contributed by atoms with Crippen LogP contribution in [0.2, 0.25) is 0 Å². The SMILES string of the molecule is CCC(=O)NCc1ccc(-c2cccc(O)c2)c2ccncc12. The number of hydrogen-bond donors (Lipinski definition) is 2. The molecule has 0 bridgehead atoms. The molecule has 0 aliphatic rings. The number of phenols is 1. The second-order valence-corrected chi connectivity index (χ2v) is 5.37. The van der Waals surface area contributed by atoms with E-state index in [1.54, 1.807) is 18.3 Å². The number of nitrogens with zero attached hydrogens (tertiary/aromatic N) is 1. The van der Waals surface area contributed by atoms with Gasteiger partial charge in [0.05, 0.1) is 0 Å². The summed E-state index contributed by atoms with van der Waals surface area (Å²) in [6, 6.07) is 13.2. The first-order chi connectivity index (χ1) is 11.2. The molecule has 4 heteroatoms. The molecule has 1 heterocycles. The number of pyridine rings is 1. The summed E-state index contributed by atoms with van der Waals surface area (Å²) in [6.45, 7) is 2.31. The molecule has 4 nitrogen and oxygen atoms in total. The van der Waals surface area contributed by atoms with Gasteiger partial charge in [-0.1, -0.05) is 31.2 Å². The minimum atomic E-state index is 0.0269. The van der Waals surface area contributed by atoms with Crippen LogP contribution in [0, 0.1) is 0 Å². The molecule has 116 valence electrons. The van der Waals surface area contributed by atoms with Crippen LogP contribution in [-0.4, -0.2) is 16.0 Å². The highest BCUT2D eigenvalue weighted by atomic mass is 16.3. The summed E-state index contributed by atoms with van der Waals surface area (Å²) in [4.78, 5) is 15.7. The average Bonchev–Trinajstić information content (AvgIpc) is 2.59. The first-order valence-corrected chi connectivity index (χ1v) is 7.60. The quantitative estimate of drug-likeness (QED) is 0.773. The molecule has 3 rings (SSSR count). The minimum Gasteiger partial charge on any atom is -0.508 e. The fourth-order valence-electron chi connectivity index (χ4n) is 2.65. The van der Waals surface area contributed by atoms with Crippen molar-refractivity contribution in [1.29, 1.82) is 0 Å². The summed E-state index contributed by atoms with van der Waals surface area (Å²) in [6.07, 6.45) is 4.04. The Morgan fingerprint density at radius 2 is 2.04 bits per heavy atom. The van der Waals surface area contributed by atoms with E-state index in [4.69, 9.17) is 0 Å². The molecule has 0 saturated carbocycles. The Balaban J connectivity index is 2.07. The van der Waals surface area contributed by atoms with Crippen molar-refractivity contribution >= 4 is 16.7 Å². The van der Waals surface area contributed by atoms with Crippen LogP contribution in [0.5, 0.6) is 5.75 Å². The van der Waals surface area contributed by atoms with E-state index < -0.39 is 0 Å². The predicted molar refractivity (Wildman–Crippen MR) is 91.0 cm³/mol. The number of phenolic OH excluding ortho intramolecular Hbond substituents is 1. The molecule has 0 radical (unpaired) electrons. The van der Waals surface area contributed by atoms with Crippen LogP contribution in [0.25, 0.3) is 21.9 Å². The van der Waals surface area contributed by atoms with Gasteiger partial charge in [0.25, 0.3) is 0 Å². The zero-order valence-corrected chi connectivity index (χ0v) is 12.9. The molecule has 0 spiro atoms. The maximum atomic E-state index is 11.5. The van der Waals surface area contributed by atoms with E-state index in [-0.39, 0.29) is 11.7 Å². The molecule has 0 fully saturated rings. The molecule has 0 atom stereocenters. The number of benzene rings is 2. The number of fused-ring (bicyclic) bond motifs is 1. The molecule has 1 aromatic heterocycles.